The van der Waals surface area contributed by atoms with Crippen molar-refractivity contribution in [3.63, 3.8) is 0 Å². The zero-order valence-corrected chi connectivity index (χ0v) is 10.8. The van der Waals surface area contributed by atoms with E-state index in [0.29, 0.717) is 5.56 Å². The number of carboxylic acid groups (broad SMARTS) is 1. The Morgan fingerprint density at radius 3 is 2.65 bits per heavy atom. The molecule has 0 amide bonds. The number of hydrogen-bond acceptors (Lipinski definition) is 4. The van der Waals surface area contributed by atoms with Crippen LogP contribution in [0.4, 0.5) is 13.2 Å². The lowest BCUT2D eigenvalue weighted by Gasteiger charge is -2.03. The molecule has 0 aromatic carbocycles. The van der Waals surface area contributed by atoms with Crippen molar-refractivity contribution in [2.45, 2.75) is 19.3 Å². The van der Waals surface area contributed by atoms with Gasteiger partial charge in [0, 0.05) is 6.54 Å². The molecule has 2 N–H and O–H groups in total. The van der Waals surface area contributed by atoms with Crippen molar-refractivity contribution in [2.24, 2.45) is 0 Å². The lowest BCUT2D eigenvalue weighted by atomic mass is 10.2. The molecule has 0 aliphatic rings. The number of thiophene rings is 1. The molecule has 2 heterocycles. The van der Waals surface area contributed by atoms with Crippen molar-refractivity contribution in [1.29, 1.82) is 0 Å². The summed E-state index contributed by atoms with van der Waals surface area (Å²) < 4.78 is 41.6. The Bertz CT molecular complexity index is 603. The molecule has 0 spiro atoms. The highest BCUT2D eigenvalue weighted by atomic mass is 32.1. The summed E-state index contributed by atoms with van der Waals surface area (Å²) in [5.41, 5.74) is 0.588. The molecule has 20 heavy (non-hydrogen) atoms. The topological polar surface area (TPSA) is 62.5 Å². The number of alkyl halides is 3. The Hall–Kier alpha value is -1.80. The van der Waals surface area contributed by atoms with Crippen molar-refractivity contribution in [3.8, 4) is 0 Å². The monoisotopic (exact) mass is 305 g/mol. The molecule has 8 heteroatoms. The number of carboxylic acids is 1. The third-order valence-electron chi connectivity index (χ3n) is 2.50. The average molecular weight is 305 g/mol. The van der Waals surface area contributed by atoms with E-state index in [2.05, 4.69) is 9.73 Å². The zero-order chi connectivity index (χ0) is 14.8. The van der Waals surface area contributed by atoms with Gasteiger partial charge in [-0.05, 0) is 29.1 Å². The van der Waals surface area contributed by atoms with Crippen LogP contribution in [0.1, 0.15) is 26.8 Å². The molecule has 0 aliphatic heterocycles. The molecule has 0 aliphatic carbocycles. The van der Waals surface area contributed by atoms with E-state index >= 15 is 0 Å². The van der Waals surface area contributed by atoms with Gasteiger partial charge in [-0.15, -0.1) is 11.3 Å². The quantitative estimate of drug-likeness (QED) is 0.889. The van der Waals surface area contributed by atoms with E-state index in [0.717, 1.165) is 17.4 Å². The van der Waals surface area contributed by atoms with Gasteiger partial charge in [0.05, 0.1) is 6.54 Å². The van der Waals surface area contributed by atoms with E-state index < -0.39 is 17.9 Å². The highest BCUT2D eigenvalue weighted by Crippen LogP contribution is 2.30. The van der Waals surface area contributed by atoms with Gasteiger partial charge in [0.15, 0.2) is 0 Å². The lowest BCUT2D eigenvalue weighted by molar-refractivity contribution is -0.153. The molecule has 0 atom stereocenters. The third-order valence-corrected chi connectivity index (χ3v) is 3.44. The molecule has 0 fully saturated rings. The van der Waals surface area contributed by atoms with Gasteiger partial charge in [-0.25, -0.2) is 4.79 Å². The minimum Gasteiger partial charge on any atom is -0.477 e. The van der Waals surface area contributed by atoms with Gasteiger partial charge in [0.2, 0.25) is 5.76 Å². The van der Waals surface area contributed by atoms with E-state index in [4.69, 9.17) is 5.11 Å². The van der Waals surface area contributed by atoms with Gasteiger partial charge in [0.25, 0.3) is 0 Å². The maximum absolute atomic E-state index is 12.3. The molecule has 108 valence electrons. The van der Waals surface area contributed by atoms with Crippen LogP contribution in [0.2, 0.25) is 0 Å². The summed E-state index contributed by atoms with van der Waals surface area (Å²) in [6, 6.07) is 3.76. The van der Waals surface area contributed by atoms with Crippen LogP contribution in [0.25, 0.3) is 0 Å². The van der Waals surface area contributed by atoms with E-state index in [1.165, 1.54) is 6.07 Å². The first-order valence-corrected chi connectivity index (χ1v) is 6.42. The molecule has 0 radical (unpaired) electrons. The Kier molecular flexibility index (Phi) is 4.15. The Balaban J connectivity index is 1.91. The van der Waals surface area contributed by atoms with Crippen LogP contribution >= 0.6 is 11.3 Å². The van der Waals surface area contributed by atoms with Gasteiger partial charge in [-0.3, -0.25) is 0 Å². The summed E-state index contributed by atoms with van der Waals surface area (Å²) in [7, 11) is 0. The molecular weight excluding hydrogens is 295 g/mol. The summed E-state index contributed by atoms with van der Waals surface area (Å²) in [6.45, 7) is 0.332. The molecule has 0 saturated heterocycles. The van der Waals surface area contributed by atoms with Crippen molar-refractivity contribution in [1.82, 2.24) is 5.32 Å². The molecule has 2 rings (SSSR count). The smallest absolute Gasteiger partial charge is 0.449 e. The number of hydrogen-bond donors (Lipinski definition) is 2. The summed E-state index contributed by atoms with van der Waals surface area (Å²) in [4.78, 5) is 11.1. The van der Waals surface area contributed by atoms with Crippen LogP contribution in [0.15, 0.2) is 28.0 Å². The largest absolute Gasteiger partial charge is 0.477 e. The fourth-order valence-electron chi connectivity index (χ4n) is 1.61. The molecule has 0 unspecified atom stereocenters. The molecule has 2 aromatic heterocycles. The summed E-state index contributed by atoms with van der Waals surface area (Å²) in [5.74, 6) is -1.92. The second-order valence-electron chi connectivity index (χ2n) is 3.95. The van der Waals surface area contributed by atoms with Crippen molar-refractivity contribution < 1.29 is 27.5 Å². The third kappa shape index (κ3) is 3.40. The maximum atomic E-state index is 12.3. The number of halogens is 3. The standard InChI is InChI=1S/C12H10F3NO3S/c13-12(14,15)9-2-1-8(19-9)6-16-5-7-3-4-20-10(7)11(17)18/h1-4,16H,5-6H2,(H,17,18). The SMILES string of the molecule is O=C(O)c1sccc1CNCc1ccc(C(F)(F)F)o1. The molecule has 0 bridgehead atoms. The zero-order valence-electron chi connectivity index (χ0n) is 10.0. The second kappa shape index (κ2) is 5.68. The van der Waals surface area contributed by atoms with Gasteiger partial charge in [-0.1, -0.05) is 0 Å². The number of carbonyl (C=O) groups is 1. The van der Waals surface area contributed by atoms with Gasteiger partial charge >= 0.3 is 12.1 Å². The number of aromatic carboxylic acids is 1. The number of nitrogens with one attached hydrogen (secondary N) is 1. The van der Waals surface area contributed by atoms with Crippen LogP contribution in [0, 0.1) is 0 Å². The minimum atomic E-state index is -4.50. The molecular formula is C12H10F3NO3S. The minimum absolute atomic E-state index is 0.0883. The van der Waals surface area contributed by atoms with Crippen LogP contribution in [0.5, 0.6) is 0 Å². The lowest BCUT2D eigenvalue weighted by Crippen LogP contribution is -2.13. The second-order valence-corrected chi connectivity index (χ2v) is 4.86. The number of furan rings is 1. The normalized spacial score (nSPS) is 11.8. The van der Waals surface area contributed by atoms with Gasteiger partial charge in [-0.2, -0.15) is 13.2 Å². The first-order chi connectivity index (χ1) is 9.38. The first-order valence-electron chi connectivity index (χ1n) is 5.54. The van der Waals surface area contributed by atoms with Crippen molar-refractivity contribution in [2.75, 3.05) is 0 Å². The Morgan fingerprint density at radius 1 is 1.30 bits per heavy atom. The highest BCUT2D eigenvalue weighted by Gasteiger charge is 2.34. The van der Waals surface area contributed by atoms with E-state index in [1.807, 2.05) is 0 Å². The Morgan fingerprint density at radius 2 is 2.05 bits per heavy atom. The Labute approximate surface area is 115 Å². The van der Waals surface area contributed by atoms with Gasteiger partial charge in [0.1, 0.15) is 10.6 Å². The van der Waals surface area contributed by atoms with Crippen LogP contribution in [0.3, 0.4) is 0 Å². The highest BCUT2D eigenvalue weighted by molar-refractivity contribution is 7.12. The average Bonchev–Trinajstić information content (AvgIpc) is 2.96. The molecule has 0 saturated carbocycles. The maximum Gasteiger partial charge on any atom is 0.449 e. The number of rotatable bonds is 5. The van der Waals surface area contributed by atoms with Crippen LogP contribution in [-0.2, 0) is 19.3 Å². The van der Waals surface area contributed by atoms with Gasteiger partial charge < -0.3 is 14.8 Å². The van der Waals surface area contributed by atoms with E-state index in [1.54, 1.807) is 11.4 Å². The fourth-order valence-corrected chi connectivity index (χ4v) is 2.37. The van der Waals surface area contributed by atoms with Crippen molar-refractivity contribution in [3.05, 3.63) is 45.5 Å². The van der Waals surface area contributed by atoms with Crippen molar-refractivity contribution >= 4 is 17.3 Å². The predicted molar refractivity (Wildman–Crippen MR) is 65.5 cm³/mol. The van der Waals surface area contributed by atoms with Crippen LogP contribution < -0.4 is 5.32 Å². The van der Waals surface area contributed by atoms with E-state index in [-0.39, 0.29) is 23.7 Å². The first kappa shape index (κ1) is 14.6. The van der Waals surface area contributed by atoms with E-state index in [9.17, 15) is 18.0 Å². The predicted octanol–water partition coefficient (Wildman–Crippen LogP) is 3.35. The van der Waals surface area contributed by atoms with Crippen LogP contribution in [-0.4, -0.2) is 11.1 Å². The molecule has 2 aromatic rings. The summed E-state index contributed by atoms with van der Waals surface area (Å²) in [6.07, 6.45) is -4.50. The summed E-state index contributed by atoms with van der Waals surface area (Å²) in [5, 5.41) is 13.4. The summed E-state index contributed by atoms with van der Waals surface area (Å²) >= 11 is 1.10. The fraction of sp³-hybridized carbons (Fsp3) is 0.250. The molecule has 4 nitrogen and oxygen atoms in total.